The molecular formula is C39H43NO6S. The highest BCUT2D eigenvalue weighted by molar-refractivity contribution is 7.99. The summed E-state index contributed by atoms with van der Waals surface area (Å²) in [6, 6.07) is 34.6. The number of aliphatic carboxylic acids is 1. The average molecular weight is 654 g/mol. The molecule has 0 spiro atoms. The third-order valence-electron chi connectivity index (χ3n) is 8.33. The SMILES string of the molecule is O=C(O)CCCCCCC(=O)NCc1ccccc1-c1ccc([C@@H]2O[C@H](CSc3ccccc3)C[C@H](c3ccc(CO)cc3)O2)cc1. The van der Waals surface area contributed by atoms with Crippen molar-refractivity contribution >= 4 is 23.6 Å². The maximum atomic E-state index is 12.5. The van der Waals surface area contributed by atoms with Crippen molar-refractivity contribution in [2.75, 3.05) is 5.75 Å². The molecule has 0 aliphatic carbocycles. The first kappa shape index (κ1) is 34.4. The third-order valence-corrected chi connectivity index (χ3v) is 9.47. The van der Waals surface area contributed by atoms with Gasteiger partial charge in [0, 0.05) is 42.0 Å². The van der Waals surface area contributed by atoms with E-state index in [9.17, 15) is 14.7 Å². The summed E-state index contributed by atoms with van der Waals surface area (Å²) >= 11 is 1.78. The van der Waals surface area contributed by atoms with Crippen molar-refractivity contribution < 1.29 is 29.3 Å². The number of ether oxygens (including phenoxy) is 2. The summed E-state index contributed by atoms with van der Waals surface area (Å²) in [5, 5.41) is 21.3. The van der Waals surface area contributed by atoms with E-state index >= 15 is 0 Å². The second-order valence-electron chi connectivity index (χ2n) is 11.8. The molecule has 4 aromatic carbocycles. The first-order chi connectivity index (χ1) is 23.0. The Labute approximate surface area is 281 Å². The Balaban J connectivity index is 1.23. The van der Waals surface area contributed by atoms with Crippen molar-refractivity contribution in [1.82, 2.24) is 5.32 Å². The summed E-state index contributed by atoms with van der Waals surface area (Å²) in [7, 11) is 0. The van der Waals surface area contributed by atoms with Crippen LogP contribution in [-0.2, 0) is 32.2 Å². The van der Waals surface area contributed by atoms with Crippen molar-refractivity contribution in [1.29, 1.82) is 0 Å². The molecule has 0 unspecified atom stereocenters. The molecule has 1 saturated heterocycles. The summed E-state index contributed by atoms with van der Waals surface area (Å²) in [4.78, 5) is 24.3. The van der Waals surface area contributed by atoms with E-state index in [0.717, 1.165) is 64.8 Å². The van der Waals surface area contributed by atoms with Crippen molar-refractivity contribution in [2.45, 2.75) is 81.5 Å². The molecule has 3 atom stereocenters. The molecule has 7 nitrogen and oxygen atoms in total. The van der Waals surface area contributed by atoms with Crippen LogP contribution in [0.2, 0.25) is 0 Å². The zero-order valence-corrected chi connectivity index (χ0v) is 27.4. The molecule has 3 N–H and O–H groups in total. The van der Waals surface area contributed by atoms with Gasteiger partial charge in [-0.3, -0.25) is 9.59 Å². The number of carboxylic acids is 1. The van der Waals surface area contributed by atoms with E-state index in [1.807, 2.05) is 60.7 Å². The van der Waals surface area contributed by atoms with E-state index in [-0.39, 0.29) is 31.1 Å². The normalized spacial score (nSPS) is 17.7. The predicted octanol–water partition coefficient (Wildman–Crippen LogP) is 8.23. The monoisotopic (exact) mass is 653 g/mol. The number of benzene rings is 4. The van der Waals surface area contributed by atoms with Crippen LogP contribution in [0.5, 0.6) is 0 Å². The number of aliphatic hydroxyl groups is 1. The lowest BCUT2D eigenvalue weighted by molar-refractivity contribution is -0.245. The lowest BCUT2D eigenvalue weighted by Gasteiger charge is -2.36. The van der Waals surface area contributed by atoms with Crippen LogP contribution in [0.15, 0.2) is 108 Å². The third kappa shape index (κ3) is 10.5. The van der Waals surface area contributed by atoms with Crippen molar-refractivity contribution in [3.05, 3.63) is 125 Å². The Morgan fingerprint density at radius 3 is 2.17 bits per heavy atom. The number of unbranched alkanes of at least 4 members (excludes halogenated alkanes) is 3. The highest BCUT2D eigenvalue weighted by atomic mass is 32.2. The van der Waals surface area contributed by atoms with Gasteiger partial charge in [0.2, 0.25) is 5.91 Å². The lowest BCUT2D eigenvalue weighted by Crippen LogP contribution is -2.31. The van der Waals surface area contributed by atoms with E-state index < -0.39 is 12.3 Å². The van der Waals surface area contributed by atoms with Crippen LogP contribution in [0.1, 0.15) is 79.6 Å². The molecule has 0 bridgehead atoms. The molecule has 8 heteroatoms. The molecule has 1 aliphatic rings. The summed E-state index contributed by atoms with van der Waals surface area (Å²) in [5.74, 6) is 0.0292. The Hall–Kier alpha value is -3.95. The smallest absolute Gasteiger partial charge is 0.303 e. The van der Waals surface area contributed by atoms with Gasteiger partial charge >= 0.3 is 5.97 Å². The number of nitrogens with one attached hydrogen (secondary N) is 1. The minimum absolute atomic E-state index is 0.000480. The molecule has 5 rings (SSSR count). The van der Waals surface area contributed by atoms with E-state index in [1.54, 1.807) is 11.8 Å². The summed E-state index contributed by atoms with van der Waals surface area (Å²) in [6.45, 7) is 0.440. The first-order valence-corrected chi connectivity index (χ1v) is 17.3. The molecular weight excluding hydrogens is 610 g/mol. The van der Waals surface area contributed by atoms with Gasteiger partial charge in [-0.1, -0.05) is 104 Å². The maximum absolute atomic E-state index is 12.5. The molecule has 1 amide bonds. The van der Waals surface area contributed by atoms with Crippen LogP contribution in [0.4, 0.5) is 0 Å². The van der Waals surface area contributed by atoms with Crippen LogP contribution in [0, 0.1) is 0 Å². The van der Waals surface area contributed by atoms with Crippen LogP contribution in [0.25, 0.3) is 11.1 Å². The quantitative estimate of drug-likeness (QED) is 0.0827. The van der Waals surface area contributed by atoms with Gasteiger partial charge < -0.3 is 25.0 Å². The van der Waals surface area contributed by atoms with Crippen molar-refractivity contribution in [3.63, 3.8) is 0 Å². The number of aliphatic hydroxyl groups excluding tert-OH is 1. The summed E-state index contributed by atoms with van der Waals surface area (Å²) in [5.41, 5.74) is 6.00. The van der Waals surface area contributed by atoms with Crippen molar-refractivity contribution in [2.24, 2.45) is 0 Å². The van der Waals surface area contributed by atoms with E-state index in [4.69, 9.17) is 14.6 Å². The van der Waals surface area contributed by atoms with Gasteiger partial charge in [-0.15, -0.1) is 11.8 Å². The molecule has 47 heavy (non-hydrogen) atoms. The standard InChI is InChI=1S/C39H43NO6S/c41-26-28-16-18-30(19-17-28)36-24-33(27-47-34-11-4-3-5-12-34)45-39(46-36)31-22-20-29(21-23-31)35-13-9-8-10-32(35)25-40-37(42)14-6-1-2-7-15-38(43)44/h3-5,8-13,16-23,33,36,39,41H,1-2,6-7,14-15,24-27H2,(H,40,42)(H,43,44)/t33-,36+,39+/m0/s1. The Kier molecular flexibility index (Phi) is 13.0. The number of carbonyl (C=O) groups is 2. The second kappa shape index (κ2) is 17.8. The fourth-order valence-corrected chi connectivity index (χ4v) is 6.64. The van der Waals surface area contributed by atoms with Crippen LogP contribution in [0.3, 0.4) is 0 Å². The minimum atomic E-state index is -0.774. The van der Waals surface area contributed by atoms with Gasteiger partial charge in [-0.25, -0.2) is 0 Å². The predicted molar refractivity (Wildman–Crippen MR) is 185 cm³/mol. The zero-order chi connectivity index (χ0) is 32.8. The number of hydrogen-bond donors (Lipinski definition) is 3. The van der Waals surface area contributed by atoms with Gasteiger partial charge in [-0.05, 0) is 52.8 Å². The lowest BCUT2D eigenvalue weighted by atomic mass is 9.97. The van der Waals surface area contributed by atoms with E-state index in [2.05, 4.69) is 47.8 Å². The molecule has 0 radical (unpaired) electrons. The molecule has 246 valence electrons. The Bertz CT molecular complexity index is 1560. The van der Waals surface area contributed by atoms with Gasteiger partial charge in [-0.2, -0.15) is 0 Å². The van der Waals surface area contributed by atoms with Gasteiger partial charge in [0.1, 0.15) is 0 Å². The van der Waals surface area contributed by atoms with E-state index in [1.165, 1.54) is 4.90 Å². The largest absolute Gasteiger partial charge is 0.481 e. The van der Waals surface area contributed by atoms with Crippen LogP contribution < -0.4 is 5.32 Å². The fraction of sp³-hybridized carbons (Fsp3) is 0.333. The van der Waals surface area contributed by atoms with Crippen LogP contribution >= 0.6 is 11.8 Å². The number of thioether (sulfide) groups is 1. The highest BCUT2D eigenvalue weighted by Crippen LogP contribution is 2.40. The average Bonchev–Trinajstić information content (AvgIpc) is 3.11. The van der Waals surface area contributed by atoms with Gasteiger partial charge in [0.15, 0.2) is 6.29 Å². The molecule has 1 aliphatic heterocycles. The maximum Gasteiger partial charge on any atom is 0.303 e. The summed E-state index contributed by atoms with van der Waals surface area (Å²) in [6.07, 6.45) is 3.73. The molecule has 4 aromatic rings. The van der Waals surface area contributed by atoms with Gasteiger partial charge in [0.25, 0.3) is 0 Å². The number of rotatable bonds is 16. The minimum Gasteiger partial charge on any atom is -0.481 e. The zero-order valence-electron chi connectivity index (χ0n) is 26.6. The second-order valence-corrected chi connectivity index (χ2v) is 12.9. The van der Waals surface area contributed by atoms with Gasteiger partial charge in [0.05, 0.1) is 18.8 Å². The number of amides is 1. The number of hydrogen-bond acceptors (Lipinski definition) is 6. The Morgan fingerprint density at radius 1 is 0.766 bits per heavy atom. The molecule has 1 fully saturated rings. The highest BCUT2D eigenvalue weighted by Gasteiger charge is 2.32. The molecule has 0 saturated carbocycles. The topological polar surface area (TPSA) is 105 Å². The fourth-order valence-electron chi connectivity index (χ4n) is 5.70. The van der Waals surface area contributed by atoms with E-state index in [0.29, 0.717) is 19.4 Å². The number of carboxylic acid groups (broad SMARTS) is 1. The molecule has 0 aromatic heterocycles. The van der Waals surface area contributed by atoms with Crippen molar-refractivity contribution in [3.8, 4) is 11.1 Å². The molecule has 1 heterocycles. The number of carbonyl (C=O) groups excluding carboxylic acids is 1. The summed E-state index contributed by atoms with van der Waals surface area (Å²) < 4.78 is 13.1. The van der Waals surface area contributed by atoms with Crippen LogP contribution in [-0.4, -0.2) is 33.9 Å². The first-order valence-electron chi connectivity index (χ1n) is 16.3. The Morgan fingerprint density at radius 2 is 1.45 bits per heavy atom.